The number of hydrogen-bond donors (Lipinski definition) is 1. The molecular formula is C15H24N2O. The van der Waals surface area contributed by atoms with E-state index < -0.39 is 0 Å². The van der Waals surface area contributed by atoms with Gasteiger partial charge >= 0.3 is 0 Å². The molecule has 3 heteroatoms. The van der Waals surface area contributed by atoms with Gasteiger partial charge in [-0.3, -0.25) is 10.1 Å². The van der Waals surface area contributed by atoms with Crippen LogP contribution in [0, 0.1) is 23.2 Å². The number of rotatable bonds is 2. The molecule has 4 aliphatic carbocycles. The fourth-order valence-electron chi connectivity index (χ4n) is 5.71. The van der Waals surface area contributed by atoms with Gasteiger partial charge in [0.25, 0.3) is 0 Å². The van der Waals surface area contributed by atoms with E-state index in [0.717, 1.165) is 31.0 Å². The molecule has 5 aliphatic rings. The van der Waals surface area contributed by atoms with Gasteiger partial charge in [-0.1, -0.05) is 0 Å². The van der Waals surface area contributed by atoms with E-state index in [0.29, 0.717) is 11.3 Å². The van der Waals surface area contributed by atoms with Crippen LogP contribution >= 0.6 is 0 Å². The fourth-order valence-corrected chi connectivity index (χ4v) is 5.71. The molecule has 0 spiro atoms. The third kappa shape index (κ3) is 1.63. The third-order valence-electron chi connectivity index (χ3n) is 5.96. The zero-order chi connectivity index (χ0) is 12.3. The maximum atomic E-state index is 12.1. The number of carbonyl (C=O) groups is 1. The van der Waals surface area contributed by atoms with Gasteiger partial charge in [0.15, 0.2) is 0 Å². The maximum Gasteiger partial charge on any atom is 0.240 e. The molecule has 100 valence electrons. The number of carbonyl (C=O) groups excluding carboxylic acids is 1. The Labute approximate surface area is 109 Å². The molecule has 1 amide bonds. The second-order valence-electron chi connectivity index (χ2n) is 7.54. The lowest BCUT2D eigenvalue weighted by atomic mass is 9.49. The Kier molecular flexibility index (Phi) is 2.33. The van der Waals surface area contributed by atoms with E-state index in [1.165, 1.54) is 38.5 Å². The number of amides is 1. The first kappa shape index (κ1) is 11.3. The topological polar surface area (TPSA) is 32.3 Å². The fraction of sp³-hybridized carbons (Fsp3) is 0.933. The second kappa shape index (κ2) is 3.72. The van der Waals surface area contributed by atoms with Crippen LogP contribution in [0.15, 0.2) is 0 Å². The zero-order valence-electron chi connectivity index (χ0n) is 11.3. The van der Waals surface area contributed by atoms with Crippen molar-refractivity contribution >= 4 is 5.91 Å². The summed E-state index contributed by atoms with van der Waals surface area (Å²) in [7, 11) is 0. The Bertz CT molecular complexity index is 343. The van der Waals surface area contributed by atoms with E-state index in [9.17, 15) is 4.79 Å². The van der Waals surface area contributed by atoms with Crippen molar-refractivity contribution in [1.82, 2.24) is 10.2 Å². The van der Waals surface area contributed by atoms with Crippen LogP contribution in [0.3, 0.4) is 0 Å². The first-order valence-corrected chi connectivity index (χ1v) is 7.66. The van der Waals surface area contributed by atoms with E-state index >= 15 is 0 Å². The highest BCUT2D eigenvalue weighted by molar-refractivity contribution is 5.83. The Morgan fingerprint density at radius 1 is 1.17 bits per heavy atom. The van der Waals surface area contributed by atoms with E-state index in [1.54, 1.807) is 0 Å². The molecule has 1 unspecified atom stereocenters. The summed E-state index contributed by atoms with van der Waals surface area (Å²) >= 11 is 0. The molecule has 1 aliphatic heterocycles. The molecule has 5 rings (SSSR count). The minimum absolute atomic E-state index is 0.0407. The molecule has 1 saturated heterocycles. The van der Waals surface area contributed by atoms with Gasteiger partial charge in [-0.05, 0) is 68.6 Å². The van der Waals surface area contributed by atoms with Gasteiger partial charge in [-0.2, -0.15) is 0 Å². The first-order valence-electron chi connectivity index (χ1n) is 7.66. The molecule has 18 heavy (non-hydrogen) atoms. The summed E-state index contributed by atoms with van der Waals surface area (Å²) in [4.78, 5) is 14.2. The van der Waals surface area contributed by atoms with Crippen molar-refractivity contribution in [3.8, 4) is 0 Å². The Balaban J connectivity index is 1.52. The van der Waals surface area contributed by atoms with Crippen LogP contribution in [0.2, 0.25) is 0 Å². The van der Waals surface area contributed by atoms with E-state index in [4.69, 9.17) is 0 Å². The molecule has 0 aromatic carbocycles. The summed E-state index contributed by atoms with van der Waals surface area (Å²) in [6.07, 6.45) is 8.66. The highest BCUT2D eigenvalue weighted by atomic mass is 16.2. The summed E-state index contributed by atoms with van der Waals surface area (Å²) in [5, 5.41) is 3.28. The van der Waals surface area contributed by atoms with Crippen LogP contribution < -0.4 is 5.32 Å². The number of nitrogens with zero attached hydrogens (tertiary/aromatic N) is 1. The lowest BCUT2D eigenvalue weighted by Gasteiger charge is -2.57. The average Bonchev–Trinajstić information content (AvgIpc) is 2.58. The summed E-state index contributed by atoms with van der Waals surface area (Å²) in [6.45, 7) is 3.80. The van der Waals surface area contributed by atoms with Gasteiger partial charge in [-0.15, -0.1) is 0 Å². The highest BCUT2D eigenvalue weighted by Crippen LogP contribution is 2.60. The van der Waals surface area contributed by atoms with E-state index in [-0.39, 0.29) is 6.04 Å². The summed E-state index contributed by atoms with van der Waals surface area (Å²) < 4.78 is 0. The predicted octanol–water partition coefficient (Wildman–Crippen LogP) is 1.98. The molecule has 5 fully saturated rings. The zero-order valence-corrected chi connectivity index (χ0v) is 11.3. The molecule has 0 radical (unpaired) electrons. The van der Waals surface area contributed by atoms with Crippen molar-refractivity contribution in [1.29, 1.82) is 0 Å². The highest BCUT2D eigenvalue weighted by Gasteiger charge is 2.52. The van der Waals surface area contributed by atoms with Crippen LogP contribution in [0.25, 0.3) is 0 Å². The van der Waals surface area contributed by atoms with Gasteiger partial charge in [0.2, 0.25) is 5.91 Å². The van der Waals surface area contributed by atoms with Gasteiger partial charge in [0.1, 0.15) is 0 Å². The van der Waals surface area contributed by atoms with E-state index in [2.05, 4.69) is 10.2 Å². The maximum absolute atomic E-state index is 12.1. The predicted molar refractivity (Wildman–Crippen MR) is 69.8 cm³/mol. The quantitative estimate of drug-likeness (QED) is 0.810. The van der Waals surface area contributed by atoms with Gasteiger partial charge in [0, 0.05) is 6.54 Å². The monoisotopic (exact) mass is 248 g/mol. The number of nitrogens with one attached hydrogen (secondary N) is 1. The van der Waals surface area contributed by atoms with E-state index in [1.807, 2.05) is 6.92 Å². The van der Waals surface area contributed by atoms with Gasteiger partial charge in [0.05, 0.1) is 12.7 Å². The van der Waals surface area contributed by atoms with Crippen molar-refractivity contribution in [3.63, 3.8) is 0 Å². The van der Waals surface area contributed by atoms with Crippen LogP contribution in [-0.4, -0.2) is 30.1 Å². The van der Waals surface area contributed by atoms with Crippen LogP contribution in [0.1, 0.15) is 45.4 Å². The van der Waals surface area contributed by atoms with Crippen LogP contribution in [0.4, 0.5) is 0 Å². The Morgan fingerprint density at radius 2 is 1.72 bits per heavy atom. The van der Waals surface area contributed by atoms with Crippen molar-refractivity contribution in [3.05, 3.63) is 0 Å². The van der Waals surface area contributed by atoms with Crippen LogP contribution in [-0.2, 0) is 4.79 Å². The molecule has 4 saturated carbocycles. The standard InChI is InChI=1S/C15H24N2O/c1-10-14(18)17(9-16-10)8-15-5-11-2-12(6-15)4-13(3-11)7-15/h10-13,16H,2-9H2,1H3. The summed E-state index contributed by atoms with van der Waals surface area (Å²) in [6, 6.07) is 0.0407. The molecule has 1 heterocycles. The number of hydrogen-bond acceptors (Lipinski definition) is 2. The summed E-state index contributed by atoms with van der Waals surface area (Å²) in [5.41, 5.74) is 0.496. The molecule has 1 N–H and O–H groups in total. The third-order valence-corrected chi connectivity index (χ3v) is 5.96. The van der Waals surface area contributed by atoms with Gasteiger partial charge < -0.3 is 4.90 Å². The average molecular weight is 248 g/mol. The second-order valence-corrected chi connectivity index (χ2v) is 7.54. The Hall–Kier alpha value is -0.570. The smallest absolute Gasteiger partial charge is 0.240 e. The van der Waals surface area contributed by atoms with Gasteiger partial charge in [-0.25, -0.2) is 0 Å². The lowest BCUT2D eigenvalue weighted by Crippen LogP contribution is -2.51. The van der Waals surface area contributed by atoms with Crippen molar-refractivity contribution in [2.45, 2.75) is 51.5 Å². The molecule has 3 nitrogen and oxygen atoms in total. The molecule has 4 bridgehead atoms. The Morgan fingerprint density at radius 3 is 2.17 bits per heavy atom. The molecule has 0 aromatic rings. The summed E-state index contributed by atoms with van der Waals surface area (Å²) in [5.74, 6) is 3.28. The largest absolute Gasteiger partial charge is 0.328 e. The molecule has 0 aromatic heterocycles. The minimum atomic E-state index is 0.0407. The minimum Gasteiger partial charge on any atom is -0.328 e. The van der Waals surface area contributed by atoms with Crippen molar-refractivity contribution < 1.29 is 4.79 Å². The van der Waals surface area contributed by atoms with Crippen LogP contribution in [0.5, 0.6) is 0 Å². The first-order chi connectivity index (χ1) is 8.63. The lowest BCUT2D eigenvalue weighted by molar-refractivity contribution is -0.133. The normalized spacial score (nSPS) is 50.3. The molecule has 1 atom stereocenters. The van der Waals surface area contributed by atoms with Crippen molar-refractivity contribution in [2.24, 2.45) is 23.2 Å². The SMILES string of the molecule is CC1NCN(CC23CC4CC(CC(C4)C2)C3)C1=O. The van der Waals surface area contributed by atoms with Crippen molar-refractivity contribution in [2.75, 3.05) is 13.2 Å². The molecular weight excluding hydrogens is 224 g/mol.